The standard InChI is InChI=1S/C21H29N3O3/c1-13-11-18-12-17(21(27)22-9-10-23(4)14(2)25)7-8-19(18)24(15(3)26)20(13)16-5-6-16/h7-8,12-13,16,20H,5-6,9-11H2,1-4H3,(H,22,27)/t13?,20-/m1/s1. The van der Waals surface area contributed by atoms with Crippen molar-refractivity contribution in [2.24, 2.45) is 11.8 Å². The van der Waals surface area contributed by atoms with E-state index in [1.807, 2.05) is 17.0 Å². The SMILES string of the molecule is CC(=O)N(C)CCNC(=O)c1ccc2c(c1)CC(C)[C@H](C1CC1)N2C(C)=O. The minimum absolute atomic E-state index is 0.0263. The molecule has 6 nitrogen and oxygen atoms in total. The van der Waals surface area contributed by atoms with Crippen LogP contribution in [0.15, 0.2) is 18.2 Å². The molecule has 0 saturated heterocycles. The van der Waals surface area contributed by atoms with Crippen LogP contribution in [-0.4, -0.2) is 48.8 Å². The third-order valence-corrected chi connectivity index (χ3v) is 5.74. The summed E-state index contributed by atoms with van der Waals surface area (Å²) in [6, 6.07) is 5.89. The maximum absolute atomic E-state index is 12.5. The second-order valence-electron chi connectivity index (χ2n) is 7.94. The van der Waals surface area contributed by atoms with Gasteiger partial charge >= 0.3 is 0 Å². The molecule has 1 aliphatic carbocycles. The number of rotatable bonds is 5. The molecule has 1 heterocycles. The van der Waals surface area contributed by atoms with E-state index >= 15 is 0 Å². The van der Waals surface area contributed by atoms with Gasteiger partial charge in [-0.1, -0.05) is 6.92 Å². The third kappa shape index (κ3) is 4.15. The molecule has 6 heteroatoms. The van der Waals surface area contributed by atoms with E-state index in [2.05, 4.69) is 12.2 Å². The average molecular weight is 371 g/mol. The van der Waals surface area contributed by atoms with Gasteiger partial charge in [0, 0.05) is 51.3 Å². The van der Waals surface area contributed by atoms with Gasteiger partial charge in [0.25, 0.3) is 5.91 Å². The summed E-state index contributed by atoms with van der Waals surface area (Å²) in [6.45, 7) is 6.22. The van der Waals surface area contributed by atoms with Crippen molar-refractivity contribution in [3.63, 3.8) is 0 Å². The number of fused-ring (bicyclic) bond motifs is 1. The van der Waals surface area contributed by atoms with Gasteiger partial charge in [0.15, 0.2) is 0 Å². The third-order valence-electron chi connectivity index (χ3n) is 5.74. The molecule has 146 valence electrons. The number of nitrogens with one attached hydrogen (secondary N) is 1. The van der Waals surface area contributed by atoms with Gasteiger partial charge in [-0.25, -0.2) is 0 Å². The first-order valence-electron chi connectivity index (χ1n) is 9.72. The van der Waals surface area contributed by atoms with E-state index in [0.29, 0.717) is 30.5 Å². The summed E-state index contributed by atoms with van der Waals surface area (Å²) < 4.78 is 0. The molecule has 1 aromatic carbocycles. The van der Waals surface area contributed by atoms with Gasteiger partial charge in [-0.15, -0.1) is 0 Å². The Morgan fingerprint density at radius 3 is 2.52 bits per heavy atom. The molecule has 1 saturated carbocycles. The molecule has 3 amide bonds. The lowest BCUT2D eigenvalue weighted by atomic mass is 9.83. The Kier molecular flexibility index (Phi) is 5.53. The van der Waals surface area contributed by atoms with Crippen molar-refractivity contribution < 1.29 is 14.4 Å². The maximum atomic E-state index is 12.5. The average Bonchev–Trinajstić information content (AvgIpc) is 3.44. The first kappa shape index (κ1) is 19.4. The molecule has 2 atom stereocenters. The van der Waals surface area contributed by atoms with Crippen LogP contribution in [0.25, 0.3) is 0 Å². The van der Waals surface area contributed by atoms with E-state index < -0.39 is 0 Å². The number of amides is 3. The van der Waals surface area contributed by atoms with Gasteiger partial charge in [0.1, 0.15) is 0 Å². The molecule has 1 unspecified atom stereocenters. The minimum atomic E-state index is -0.152. The van der Waals surface area contributed by atoms with Crippen molar-refractivity contribution in [3.8, 4) is 0 Å². The van der Waals surface area contributed by atoms with Crippen LogP contribution in [-0.2, 0) is 16.0 Å². The number of nitrogens with zero attached hydrogens (tertiary/aromatic N) is 2. The Hall–Kier alpha value is -2.37. The molecular weight excluding hydrogens is 342 g/mol. The fraction of sp³-hybridized carbons (Fsp3) is 0.571. The largest absolute Gasteiger partial charge is 0.350 e. The van der Waals surface area contributed by atoms with Crippen molar-refractivity contribution in [1.29, 1.82) is 0 Å². The van der Waals surface area contributed by atoms with Gasteiger partial charge < -0.3 is 15.1 Å². The van der Waals surface area contributed by atoms with Crippen LogP contribution < -0.4 is 10.2 Å². The first-order valence-corrected chi connectivity index (χ1v) is 9.72. The van der Waals surface area contributed by atoms with Gasteiger partial charge in [-0.2, -0.15) is 0 Å². The van der Waals surface area contributed by atoms with Crippen molar-refractivity contribution in [2.45, 2.75) is 46.1 Å². The molecule has 3 rings (SSSR count). The molecule has 1 aromatic rings. The molecule has 2 aliphatic rings. The predicted octanol–water partition coefficient (Wildman–Crippen LogP) is 2.22. The highest BCUT2D eigenvalue weighted by Crippen LogP contribution is 2.45. The van der Waals surface area contributed by atoms with E-state index in [1.54, 1.807) is 24.9 Å². The van der Waals surface area contributed by atoms with Crippen LogP contribution in [0, 0.1) is 11.8 Å². The van der Waals surface area contributed by atoms with Crippen LogP contribution in [0.1, 0.15) is 49.5 Å². The fourth-order valence-corrected chi connectivity index (χ4v) is 4.10. The van der Waals surface area contributed by atoms with Gasteiger partial charge in [0.05, 0.1) is 0 Å². The van der Waals surface area contributed by atoms with E-state index in [1.165, 1.54) is 19.8 Å². The molecule has 0 radical (unpaired) electrons. The highest BCUT2D eigenvalue weighted by molar-refractivity contribution is 5.97. The van der Waals surface area contributed by atoms with Crippen LogP contribution in [0.2, 0.25) is 0 Å². The molecular formula is C21H29N3O3. The summed E-state index contributed by atoms with van der Waals surface area (Å²) in [5.41, 5.74) is 2.60. The van der Waals surface area contributed by atoms with E-state index in [9.17, 15) is 14.4 Å². The van der Waals surface area contributed by atoms with Crippen LogP contribution >= 0.6 is 0 Å². The van der Waals surface area contributed by atoms with Gasteiger partial charge in [-0.3, -0.25) is 14.4 Å². The monoisotopic (exact) mass is 371 g/mol. The van der Waals surface area contributed by atoms with Gasteiger partial charge in [0.2, 0.25) is 11.8 Å². The number of benzene rings is 1. The molecule has 1 fully saturated rings. The zero-order valence-electron chi connectivity index (χ0n) is 16.6. The van der Waals surface area contributed by atoms with Crippen molar-refractivity contribution in [3.05, 3.63) is 29.3 Å². The molecule has 1 N–H and O–H groups in total. The Morgan fingerprint density at radius 2 is 1.93 bits per heavy atom. The number of anilines is 1. The number of likely N-dealkylation sites (N-methyl/N-ethyl adjacent to an activating group) is 1. The Morgan fingerprint density at radius 1 is 1.22 bits per heavy atom. The second-order valence-corrected chi connectivity index (χ2v) is 7.94. The van der Waals surface area contributed by atoms with Crippen molar-refractivity contribution in [2.75, 3.05) is 25.0 Å². The van der Waals surface area contributed by atoms with Gasteiger partial charge in [-0.05, 0) is 54.9 Å². The Bertz CT molecular complexity index is 757. The van der Waals surface area contributed by atoms with Crippen LogP contribution in [0.5, 0.6) is 0 Å². The first-order chi connectivity index (χ1) is 12.8. The molecule has 0 spiro atoms. The molecule has 0 aromatic heterocycles. The Balaban J connectivity index is 1.74. The van der Waals surface area contributed by atoms with Crippen LogP contribution in [0.4, 0.5) is 5.69 Å². The summed E-state index contributed by atoms with van der Waals surface area (Å²) in [4.78, 5) is 39.6. The second kappa shape index (κ2) is 7.71. The van der Waals surface area contributed by atoms with Crippen molar-refractivity contribution in [1.82, 2.24) is 10.2 Å². The van der Waals surface area contributed by atoms with Crippen molar-refractivity contribution >= 4 is 23.4 Å². The number of hydrogen-bond donors (Lipinski definition) is 1. The Labute approximate surface area is 160 Å². The van der Waals surface area contributed by atoms with E-state index in [0.717, 1.165) is 17.7 Å². The quantitative estimate of drug-likeness (QED) is 0.863. The lowest BCUT2D eigenvalue weighted by Gasteiger charge is -2.41. The lowest BCUT2D eigenvalue weighted by Crippen LogP contribution is -2.48. The highest BCUT2D eigenvalue weighted by atomic mass is 16.2. The molecule has 27 heavy (non-hydrogen) atoms. The summed E-state index contributed by atoms with van der Waals surface area (Å²) in [5, 5.41) is 2.86. The zero-order chi connectivity index (χ0) is 19.7. The molecule has 0 bridgehead atoms. The fourth-order valence-electron chi connectivity index (χ4n) is 4.10. The number of carbonyl (C=O) groups is 3. The maximum Gasteiger partial charge on any atom is 0.251 e. The summed E-state index contributed by atoms with van der Waals surface area (Å²) >= 11 is 0. The van der Waals surface area contributed by atoms with E-state index in [-0.39, 0.29) is 23.8 Å². The highest BCUT2D eigenvalue weighted by Gasteiger charge is 2.43. The summed E-state index contributed by atoms with van der Waals surface area (Å²) in [5.74, 6) is 0.890. The zero-order valence-corrected chi connectivity index (χ0v) is 16.6. The topological polar surface area (TPSA) is 69.7 Å². The van der Waals surface area contributed by atoms with E-state index in [4.69, 9.17) is 0 Å². The molecule has 1 aliphatic heterocycles. The minimum Gasteiger partial charge on any atom is -0.350 e. The summed E-state index contributed by atoms with van der Waals surface area (Å²) in [6.07, 6.45) is 3.28. The lowest BCUT2D eigenvalue weighted by molar-refractivity contribution is -0.127. The normalized spacial score (nSPS) is 21.4. The number of hydrogen-bond acceptors (Lipinski definition) is 3. The number of carbonyl (C=O) groups excluding carboxylic acids is 3. The van der Waals surface area contributed by atoms with Crippen LogP contribution in [0.3, 0.4) is 0 Å². The summed E-state index contributed by atoms with van der Waals surface area (Å²) in [7, 11) is 1.71. The smallest absolute Gasteiger partial charge is 0.251 e. The predicted molar refractivity (Wildman–Crippen MR) is 105 cm³/mol.